The molecule has 1 rings (SSSR count). The lowest BCUT2D eigenvalue weighted by atomic mass is 10.4. The molecule has 0 radical (unpaired) electrons. The van der Waals surface area contributed by atoms with Crippen molar-refractivity contribution >= 4 is 44.9 Å². The molecule has 1 aromatic heterocycles. The van der Waals surface area contributed by atoms with Gasteiger partial charge >= 0.3 is 0 Å². The first-order valence-corrected chi connectivity index (χ1v) is 5.23. The van der Waals surface area contributed by atoms with Crippen LogP contribution in [-0.2, 0) is 4.79 Å². The van der Waals surface area contributed by atoms with E-state index in [9.17, 15) is 4.79 Å². The summed E-state index contributed by atoms with van der Waals surface area (Å²) >= 11 is 8.24. The minimum Gasteiger partial charge on any atom is -0.330 e. The zero-order valence-corrected chi connectivity index (χ0v) is 10.3. The Hall–Kier alpha value is -1.21. The van der Waals surface area contributed by atoms with Crippen LogP contribution in [0.3, 0.4) is 0 Å². The van der Waals surface area contributed by atoms with Crippen molar-refractivity contribution in [1.82, 2.24) is 15.8 Å². The minimum absolute atomic E-state index is 0.215. The maximum absolute atomic E-state index is 10.6. The number of rotatable bonds is 1. The van der Waals surface area contributed by atoms with Crippen molar-refractivity contribution in [3.8, 4) is 0 Å². The number of aromatic nitrogens is 1. The van der Waals surface area contributed by atoms with E-state index in [1.165, 1.54) is 6.92 Å². The normalized spacial score (nSPS) is 9.20. The second-order valence-electron chi connectivity index (χ2n) is 2.62. The summed E-state index contributed by atoms with van der Waals surface area (Å²) in [6.07, 6.45) is 3.28. The number of anilines is 1. The fraction of sp³-hybridized carbons (Fsp3) is 0.125. The first-order valence-electron chi connectivity index (χ1n) is 4.02. The summed E-state index contributed by atoms with van der Waals surface area (Å²) in [5, 5.41) is 3.19. The summed E-state index contributed by atoms with van der Waals surface area (Å²) in [6.45, 7) is 1.39. The highest BCUT2D eigenvalue weighted by Gasteiger charge is 2.01. The third kappa shape index (κ3) is 4.22. The fourth-order valence-electron chi connectivity index (χ4n) is 0.775. The van der Waals surface area contributed by atoms with E-state index in [-0.39, 0.29) is 5.91 Å². The van der Waals surface area contributed by atoms with Crippen LogP contribution in [0, 0.1) is 0 Å². The van der Waals surface area contributed by atoms with Gasteiger partial charge in [0, 0.05) is 19.3 Å². The lowest BCUT2D eigenvalue weighted by Gasteiger charge is -2.10. The number of amides is 1. The van der Waals surface area contributed by atoms with E-state index >= 15 is 0 Å². The topological polar surface area (TPSA) is 66.1 Å². The Balaban J connectivity index is 2.52. The van der Waals surface area contributed by atoms with E-state index < -0.39 is 0 Å². The zero-order chi connectivity index (χ0) is 11.3. The molecule has 0 unspecified atom stereocenters. The maximum Gasteiger partial charge on any atom is 0.235 e. The third-order valence-electron chi connectivity index (χ3n) is 1.37. The molecule has 0 saturated heterocycles. The van der Waals surface area contributed by atoms with Gasteiger partial charge in [0.25, 0.3) is 0 Å². The summed E-state index contributed by atoms with van der Waals surface area (Å²) in [5.74, 6) is -0.215. The van der Waals surface area contributed by atoms with Gasteiger partial charge in [0.1, 0.15) is 0 Å². The van der Waals surface area contributed by atoms with Crippen molar-refractivity contribution in [2.75, 3.05) is 5.32 Å². The number of hydrazine groups is 1. The van der Waals surface area contributed by atoms with Crippen molar-refractivity contribution in [3.63, 3.8) is 0 Å². The van der Waals surface area contributed by atoms with Crippen molar-refractivity contribution in [2.45, 2.75) is 6.92 Å². The van der Waals surface area contributed by atoms with Gasteiger partial charge in [-0.2, -0.15) is 0 Å². The van der Waals surface area contributed by atoms with Crippen molar-refractivity contribution < 1.29 is 4.79 Å². The van der Waals surface area contributed by atoms with Crippen LogP contribution in [0.15, 0.2) is 22.9 Å². The number of thiocarbonyl (C=S) groups is 1. The van der Waals surface area contributed by atoms with Crippen LogP contribution >= 0.6 is 28.1 Å². The van der Waals surface area contributed by atoms with Gasteiger partial charge in [-0.3, -0.25) is 20.6 Å². The highest BCUT2D eigenvalue weighted by Crippen LogP contribution is 2.19. The highest BCUT2D eigenvalue weighted by atomic mass is 79.9. The Morgan fingerprint density at radius 2 is 2.27 bits per heavy atom. The zero-order valence-electron chi connectivity index (χ0n) is 7.87. The van der Waals surface area contributed by atoms with Crippen LogP contribution in [0.2, 0.25) is 0 Å². The fourth-order valence-corrected chi connectivity index (χ4v) is 1.29. The standard InChI is InChI=1S/C8H9BrN4OS/c1-5(14)12-13-8(15)11-7-2-3-10-4-6(7)9/h2-4H,1H3,(H,12,14)(H2,10,11,13,15). The Labute approximate surface area is 101 Å². The Morgan fingerprint density at radius 3 is 2.87 bits per heavy atom. The van der Waals surface area contributed by atoms with Crippen LogP contribution < -0.4 is 16.2 Å². The van der Waals surface area contributed by atoms with Gasteiger partial charge in [-0.25, -0.2) is 0 Å². The third-order valence-corrected chi connectivity index (χ3v) is 2.21. The van der Waals surface area contributed by atoms with E-state index in [0.717, 1.165) is 10.2 Å². The molecule has 3 N–H and O–H groups in total. The molecule has 1 amide bonds. The molecule has 5 nitrogen and oxygen atoms in total. The molecule has 0 fully saturated rings. The van der Waals surface area contributed by atoms with Gasteiger partial charge in [0.15, 0.2) is 5.11 Å². The van der Waals surface area contributed by atoms with Gasteiger partial charge in [0.05, 0.1) is 10.2 Å². The van der Waals surface area contributed by atoms with E-state index in [2.05, 4.69) is 37.1 Å². The molecule has 0 aliphatic heterocycles. The highest BCUT2D eigenvalue weighted by molar-refractivity contribution is 9.10. The minimum atomic E-state index is -0.215. The Bertz CT molecular complexity index is 385. The number of nitrogens with one attached hydrogen (secondary N) is 3. The molecule has 0 saturated carbocycles. The van der Waals surface area contributed by atoms with Crippen molar-refractivity contribution in [3.05, 3.63) is 22.9 Å². The van der Waals surface area contributed by atoms with Crippen LogP contribution in [0.5, 0.6) is 0 Å². The number of hydrogen-bond donors (Lipinski definition) is 3. The number of pyridine rings is 1. The molecule has 1 heterocycles. The van der Waals surface area contributed by atoms with Gasteiger partial charge < -0.3 is 5.32 Å². The molecule has 0 bridgehead atoms. The summed E-state index contributed by atoms with van der Waals surface area (Å²) in [5.41, 5.74) is 5.67. The number of carbonyl (C=O) groups excluding carboxylic acids is 1. The first-order chi connectivity index (χ1) is 7.09. The summed E-state index contributed by atoms with van der Waals surface area (Å²) in [6, 6.07) is 1.76. The summed E-state index contributed by atoms with van der Waals surface area (Å²) < 4.78 is 0.789. The van der Waals surface area contributed by atoms with E-state index in [0.29, 0.717) is 5.11 Å². The van der Waals surface area contributed by atoms with Crippen LogP contribution in [0.4, 0.5) is 5.69 Å². The first kappa shape index (κ1) is 11.9. The van der Waals surface area contributed by atoms with Gasteiger partial charge in [-0.1, -0.05) is 0 Å². The Kier molecular flexibility index (Phi) is 4.44. The number of halogens is 1. The van der Waals surface area contributed by atoms with Gasteiger partial charge in [0.2, 0.25) is 5.91 Å². The van der Waals surface area contributed by atoms with Crippen molar-refractivity contribution in [2.24, 2.45) is 0 Å². The second kappa shape index (κ2) is 5.62. The molecule has 1 aromatic rings. The smallest absolute Gasteiger partial charge is 0.235 e. The molecule has 80 valence electrons. The number of nitrogens with zero attached hydrogens (tertiary/aromatic N) is 1. The predicted octanol–water partition coefficient (Wildman–Crippen LogP) is 1.18. The van der Waals surface area contributed by atoms with E-state index in [1.54, 1.807) is 18.5 Å². The molecule has 15 heavy (non-hydrogen) atoms. The monoisotopic (exact) mass is 288 g/mol. The lowest BCUT2D eigenvalue weighted by molar-refractivity contribution is -0.119. The average Bonchev–Trinajstić information content (AvgIpc) is 2.18. The van der Waals surface area contributed by atoms with Crippen LogP contribution in [-0.4, -0.2) is 16.0 Å². The van der Waals surface area contributed by atoms with Crippen LogP contribution in [0.25, 0.3) is 0 Å². The molecular formula is C8H9BrN4OS. The average molecular weight is 289 g/mol. The largest absolute Gasteiger partial charge is 0.330 e. The molecule has 7 heteroatoms. The lowest BCUT2D eigenvalue weighted by Crippen LogP contribution is -2.42. The van der Waals surface area contributed by atoms with Gasteiger partial charge in [-0.15, -0.1) is 0 Å². The van der Waals surface area contributed by atoms with Crippen LogP contribution in [0.1, 0.15) is 6.92 Å². The molecule has 0 aromatic carbocycles. The molecule has 0 spiro atoms. The SMILES string of the molecule is CC(=O)NNC(=S)Nc1ccncc1Br. The summed E-state index contributed by atoms with van der Waals surface area (Å²) in [4.78, 5) is 14.5. The van der Waals surface area contributed by atoms with E-state index in [1.807, 2.05) is 0 Å². The molecular weight excluding hydrogens is 280 g/mol. The maximum atomic E-state index is 10.6. The molecule has 0 aliphatic carbocycles. The predicted molar refractivity (Wildman–Crippen MR) is 65.1 cm³/mol. The quantitative estimate of drug-likeness (QED) is 0.535. The van der Waals surface area contributed by atoms with E-state index in [4.69, 9.17) is 12.2 Å². The molecule has 0 aliphatic rings. The number of carbonyl (C=O) groups is 1. The number of hydrogen-bond acceptors (Lipinski definition) is 3. The Morgan fingerprint density at radius 1 is 1.53 bits per heavy atom. The molecule has 0 atom stereocenters. The summed E-state index contributed by atoms with van der Waals surface area (Å²) in [7, 11) is 0. The van der Waals surface area contributed by atoms with Crippen molar-refractivity contribution in [1.29, 1.82) is 0 Å². The van der Waals surface area contributed by atoms with Gasteiger partial charge in [-0.05, 0) is 34.2 Å². The second-order valence-corrected chi connectivity index (χ2v) is 3.88.